The van der Waals surface area contributed by atoms with Crippen LogP contribution in [-0.4, -0.2) is 48.7 Å². The molecule has 1 saturated heterocycles. The molecule has 0 aromatic heterocycles. The summed E-state index contributed by atoms with van der Waals surface area (Å²) in [6, 6.07) is 11.7. The summed E-state index contributed by atoms with van der Waals surface area (Å²) in [7, 11) is -4.67. The van der Waals surface area contributed by atoms with E-state index in [-0.39, 0.29) is 15.8 Å². The van der Waals surface area contributed by atoms with Crippen LogP contribution in [0.2, 0.25) is 0 Å². The SMILES string of the molecule is CCOC(=O)C(O)(c1ccccc1)[C@]1(C(F)(F)F)CN1S(=O)(=O)c1ccc(C)cc1. The summed E-state index contributed by atoms with van der Waals surface area (Å²) in [6.07, 6.45) is -5.28. The molecule has 0 aliphatic carbocycles. The summed E-state index contributed by atoms with van der Waals surface area (Å²) >= 11 is 0. The van der Waals surface area contributed by atoms with Gasteiger partial charge in [-0.1, -0.05) is 48.0 Å². The number of nitrogens with zero attached hydrogens (tertiary/aromatic N) is 1. The molecule has 0 radical (unpaired) electrons. The summed E-state index contributed by atoms with van der Waals surface area (Å²) < 4.78 is 73.9. The van der Waals surface area contributed by atoms with Crippen LogP contribution in [0.5, 0.6) is 0 Å². The number of hydrogen-bond donors (Lipinski definition) is 1. The van der Waals surface area contributed by atoms with E-state index in [2.05, 4.69) is 0 Å². The van der Waals surface area contributed by atoms with Crippen molar-refractivity contribution in [2.24, 2.45) is 0 Å². The molecule has 1 N–H and O–H groups in total. The Morgan fingerprint density at radius 1 is 1.13 bits per heavy atom. The maximum atomic E-state index is 14.4. The van der Waals surface area contributed by atoms with E-state index in [4.69, 9.17) is 4.74 Å². The van der Waals surface area contributed by atoms with E-state index in [0.29, 0.717) is 5.56 Å². The first-order valence-electron chi connectivity index (χ1n) is 9.04. The minimum absolute atomic E-state index is 0.106. The van der Waals surface area contributed by atoms with Gasteiger partial charge in [-0.2, -0.15) is 17.5 Å². The monoisotopic (exact) mass is 443 g/mol. The van der Waals surface area contributed by atoms with Gasteiger partial charge in [0.2, 0.25) is 15.6 Å². The van der Waals surface area contributed by atoms with Crippen LogP contribution < -0.4 is 0 Å². The predicted octanol–water partition coefficient (Wildman–Crippen LogP) is 2.75. The third kappa shape index (κ3) is 3.19. The molecule has 0 saturated carbocycles. The van der Waals surface area contributed by atoms with Crippen LogP contribution in [0, 0.1) is 6.92 Å². The lowest BCUT2D eigenvalue weighted by atomic mass is 9.80. The molecule has 2 aromatic rings. The van der Waals surface area contributed by atoms with Crippen molar-refractivity contribution in [3.05, 3.63) is 65.7 Å². The van der Waals surface area contributed by atoms with Crippen LogP contribution in [0.25, 0.3) is 0 Å². The van der Waals surface area contributed by atoms with Crippen LogP contribution in [0.1, 0.15) is 18.1 Å². The van der Waals surface area contributed by atoms with Crippen molar-refractivity contribution in [2.75, 3.05) is 13.2 Å². The van der Waals surface area contributed by atoms with Crippen molar-refractivity contribution < 1.29 is 36.2 Å². The lowest BCUT2D eigenvalue weighted by Gasteiger charge is -2.36. The summed E-state index contributed by atoms with van der Waals surface area (Å²) in [5.41, 5.74) is -6.39. The molecule has 3 atom stereocenters. The topological polar surface area (TPSA) is 83.7 Å². The number of benzene rings is 2. The number of alkyl halides is 3. The van der Waals surface area contributed by atoms with Gasteiger partial charge in [0.1, 0.15) is 0 Å². The van der Waals surface area contributed by atoms with Gasteiger partial charge in [0.05, 0.1) is 11.5 Å². The highest BCUT2D eigenvalue weighted by Gasteiger charge is 2.85. The van der Waals surface area contributed by atoms with Crippen LogP contribution in [-0.2, 0) is 25.2 Å². The van der Waals surface area contributed by atoms with Crippen LogP contribution >= 0.6 is 0 Å². The highest BCUT2D eigenvalue weighted by Crippen LogP contribution is 2.59. The van der Waals surface area contributed by atoms with Gasteiger partial charge in [0, 0.05) is 6.54 Å². The third-order valence-corrected chi connectivity index (χ3v) is 7.02. The number of rotatable bonds is 6. The molecule has 1 aliphatic rings. The van der Waals surface area contributed by atoms with E-state index in [0.717, 1.165) is 12.1 Å². The zero-order valence-electron chi connectivity index (χ0n) is 16.2. The normalized spacial score (nSPS) is 23.5. The zero-order valence-corrected chi connectivity index (χ0v) is 17.0. The number of aliphatic hydroxyl groups is 1. The Morgan fingerprint density at radius 2 is 1.70 bits per heavy atom. The van der Waals surface area contributed by atoms with Gasteiger partial charge in [0.25, 0.3) is 0 Å². The molecule has 10 heteroatoms. The molecular formula is C20H20F3NO5S. The Kier molecular flexibility index (Phi) is 5.46. The molecule has 2 aromatic carbocycles. The van der Waals surface area contributed by atoms with Crippen molar-refractivity contribution in [1.82, 2.24) is 4.31 Å². The average molecular weight is 443 g/mol. The molecule has 2 unspecified atom stereocenters. The lowest BCUT2D eigenvalue weighted by molar-refractivity contribution is -0.229. The smallest absolute Gasteiger partial charge is 0.412 e. The summed E-state index contributed by atoms with van der Waals surface area (Å²) in [5, 5.41) is 11.2. The Morgan fingerprint density at radius 3 is 2.20 bits per heavy atom. The first kappa shape index (κ1) is 22.3. The largest absolute Gasteiger partial charge is 0.464 e. The van der Waals surface area contributed by atoms with Crippen molar-refractivity contribution >= 4 is 16.0 Å². The van der Waals surface area contributed by atoms with E-state index in [9.17, 15) is 31.5 Å². The molecule has 1 aliphatic heterocycles. The second-order valence-corrected chi connectivity index (χ2v) is 8.84. The fourth-order valence-corrected chi connectivity index (χ4v) is 5.21. The van der Waals surface area contributed by atoms with Crippen molar-refractivity contribution in [3.63, 3.8) is 0 Å². The van der Waals surface area contributed by atoms with Gasteiger partial charge < -0.3 is 9.84 Å². The van der Waals surface area contributed by atoms with Crippen LogP contribution in [0.15, 0.2) is 59.5 Å². The number of ether oxygens (including phenoxy) is 1. The Bertz CT molecular complexity index is 1040. The maximum Gasteiger partial charge on any atom is 0.412 e. The molecule has 0 bridgehead atoms. The van der Waals surface area contributed by atoms with Gasteiger partial charge in [-0.25, -0.2) is 13.2 Å². The maximum absolute atomic E-state index is 14.4. The molecule has 1 heterocycles. The number of esters is 1. The average Bonchev–Trinajstić information content (AvgIpc) is 3.47. The minimum Gasteiger partial charge on any atom is -0.464 e. The molecule has 30 heavy (non-hydrogen) atoms. The van der Waals surface area contributed by atoms with E-state index in [1.165, 1.54) is 49.4 Å². The van der Waals surface area contributed by atoms with Crippen molar-refractivity contribution in [2.45, 2.75) is 36.1 Å². The second kappa shape index (κ2) is 7.36. The molecular weight excluding hydrogens is 423 g/mol. The minimum atomic E-state index is -5.28. The zero-order chi connectivity index (χ0) is 22.4. The molecule has 1 fully saturated rings. The molecule has 162 valence electrons. The number of carbonyl (C=O) groups is 1. The van der Waals surface area contributed by atoms with Crippen molar-refractivity contribution in [1.29, 1.82) is 0 Å². The summed E-state index contributed by atoms with van der Waals surface area (Å²) in [5.74, 6) is -1.57. The van der Waals surface area contributed by atoms with E-state index >= 15 is 0 Å². The molecule has 0 amide bonds. The first-order valence-corrected chi connectivity index (χ1v) is 10.5. The quantitative estimate of drug-likeness (QED) is 0.548. The summed E-state index contributed by atoms with van der Waals surface area (Å²) in [4.78, 5) is 12.3. The number of carbonyl (C=O) groups excluding carboxylic acids is 1. The Balaban J connectivity index is 2.21. The van der Waals surface area contributed by atoms with E-state index < -0.39 is 45.4 Å². The predicted molar refractivity (Wildman–Crippen MR) is 101 cm³/mol. The standard InChI is InChI=1S/C20H20F3NO5S/c1-3-29-17(25)19(26,15-7-5-4-6-8-15)18(20(21,22)23)13-24(18)30(27,28)16-11-9-14(2)10-12-16/h4-12,26H,3,13H2,1-2H3/t18-,19?,24?/m0/s1. The number of sulfonamides is 1. The van der Waals surface area contributed by atoms with Gasteiger partial charge in [-0.05, 0) is 31.5 Å². The third-order valence-electron chi connectivity index (χ3n) is 5.13. The number of hydrogen-bond acceptors (Lipinski definition) is 5. The Labute approximate surface area is 171 Å². The fourth-order valence-electron chi connectivity index (χ4n) is 3.47. The first-order chi connectivity index (χ1) is 13.9. The highest BCUT2D eigenvalue weighted by atomic mass is 32.2. The van der Waals surface area contributed by atoms with Gasteiger partial charge in [0.15, 0.2) is 5.54 Å². The van der Waals surface area contributed by atoms with Crippen molar-refractivity contribution in [3.8, 4) is 0 Å². The Hall–Kier alpha value is -2.43. The van der Waals surface area contributed by atoms with E-state index in [1.54, 1.807) is 6.92 Å². The molecule has 6 nitrogen and oxygen atoms in total. The van der Waals surface area contributed by atoms with E-state index in [1.807, 2.05) is 0 Å². The highest BCUT2D eigenvalue weighted by molar-refractivity contribution is 7.89. The number of aryl methyl sites for hydroxylation is 1. The second-order valence-electron chi connectivity index (χ2n) is 6.98. The number of halogens is 3. The van der Waals surface area contributed by atoms with Gasteiger partial charge in [-0.15, -0.1) is 0 Å². The molecule has 0 spiro atoms. The van der Waals surface area contributed by atoms with Gasteiger partial charge in [-0.3, -0.25) is 0 Å². The van der Waals surface area contributed by atoms with Gasteiger partial charge >= 0.3 is 12.1 Å². The molecule has 3 rings (SSSR count). The van der Waals surface area contributed by atoms with Crippen LogP contribution in [0.4, 0.5) is 13.2 Å². The summed E-state index contributed by atoms with van der Waals surface area (Å²) in [6.45, 7) is 1.64. The van der Waals surface area contributed by atoms with Crippen LogP contribution in [0.3, 0.4) is 0 Å². The fraction of sp³-hybridized carbons (Fsp3) is 0.350. The lowest BCUT2D eigenvalue weighted by Crippen LogP contribution is -2.60.